The van der Waals surface area contributed by atoms with Crippen molar-refractivity contribution >= 4 is 22.5 Å². The second-order valence-electron chi connectivity index (χ2n) is 7.26. The minimum Gasteiger partial charge on any atom is -0.490 e. The fourth-order valence-corrected chi connectivity index (χ4v) is 4.15. The summed E-state index contributed by atoms with van der Waals surface area (Å²) in [5.41, 5.74) is 3.16. The van der Waals surface area contributed by atoms with Crippen molar-refractivity contribution in [3.05, 3.63) is 87.4 Å². The van der Waals surface area contributed by atoms with Gasteiger partial charge in [0.2, 0.25) is 0 Å². The average molecular weight is 425 g/mol. The van der Waals surface area contributed by atoms with Crippen molar-refractivity contribution in [2.75, 3.05) is 13.2 Å². The molecule has 4 aromatic rings. The molecule has 152 valence electrons. The van der Waals surface area contributed by atoms with Crippen molar-refractivity contribution in [2.45, 2.75) is 13.1 Å². The Labute approximate surface area is 176 Å². The Bertz CT molecular complexity index is 1300. The third-order valence-corrected chi connectivity index (χ3v) is 5.49. The van der Waals surface area contributed by atoms with Gasteiger partial charge in [0.1, 0.15) is 18.2 Å². The maximum absolute atomic E-state index is 13.6. The van der Waals surface area contributed by atoms with Crippen molar-refractivity contribution in [2.24, 2.45) is 0 Å². The second-order valence-corrected chi connectivity index (χ2v) is 7.67. The highest BCUT2D eigenvalue weighted by Gasteiger charge is 2.20. The lowest BCUT2D eigenvalue weighted by atomic mass is 10.1. The summed E-state index contributed by atoms with van der Waals surface area (Å²) in [6, 6.07) is 12.3. The molecule has 0 bridgehead atoms. The van der Waals surface area contributed by atoms with Crippen LogP contribution in [0.4, 0.5) is 4.39 Å². The van der Waals surface area contributed by atoms with Crippen LogP contribution in [0, 0.1) is 5.82 Å². The zero-order valence-corrected chi connectivity index (χ0v) is 16.7. The van der Waals surface area contributed by atoms with Gasteiger partial charge in [-0.05, 0) is 42.5 Å². The monoisotopic (exact) mass is 424 g/mol. The molecule has 2 aromatic carbocycles. The Morgan fingerprint density at radius 3 is 2.97 bits per heavy atom. The van der Waals surface area contributed by atoms with E-state index in [0.717, 1.165) is 27.8 Å². The highest BCUT2D eigenvalue weighted by atomic mass is 35.5. The van der Waals surface area contributed by atoms with E-state index in [1.54, 1.807) is 12.1 Å². The molecule has 5 rings (SSSR count). The van der Waals surface area contributed by atoms with Crippen LogP contribution < -0.4 is 10.4 Å². The minimum absolute atomic E-state index is 0.265. The van der Waals surface area contributed by atoms with E-state index in [1.165, 1.54) is 18.3 Å². The molecule has 1 aliphatic heterocycles. The van der Waals surface area contributed by atoms with Crippen LogP contribution in [0.5, 0.6) is 5.75 Å². The first-order valence-corrected chi connectivity index (χ1v) is 9.93. The average Bonchev–Trinajstić information content (AvgIpc) is 3.01. The predicted molar refractivity (Wildman–Crippen MR) is 113 cm³/mol. The van der Waals surface area contributed by atoms with Crippen LogP contribution in [0.25, 0.3) is 16.6 Å². The molecule has 0 saturated carbocycles. The summed E-state index contributed by atoms with van der Waals surface area (Å²) in [6.07, 6.45) is 3.41. The number of hydrogen-bond donors (Lipinski definition) is 1. The van der Waals surface area contributed by atoms with Crippen LogP contribution in [0.3, 0.4) is 0 Å². The van der Waals surface area contributed by atoms with Crippen LogP contribution in [0.15, 0.2) is 59.7 Å². The molecule has 0 spiro atoms. The molecule has 2 aromatic heterocycles. The Morgan fingerprint density at radius 2 is 2.10 bits per heavy atom. The number of halogens is 2. The molecule has 0 fully saturated rings. The van der Waals surface area contributed by atoms with Gasteiger partial charge in [-0.2, -0.15) is 0 Å². The third kappa shape index (κ3) is 3.58. The van der Waals surface area contributed by atoms with E-state index in [2.05, 4.69) is 14.9 Å². The smallest absolute Gasteiger partial charge is 0.345 e. The molecule has 1 aliphatic rings. The largest absolute Gasteiger partial charge is 0.490 e. The predicted octanol–water partition coefficient (Wildman–Crippen LogP) is 3.90. The van der Waals surface area contributed by atoms with Gasteiger partial charge in [-0.3, -0.25) is 4.90 Å². The van der Waals surface area contributed by atoms with Crippen LogP contribution in [-0.2, 0) is 13.1 Å². The number of nitrogens with one attached hydrogen (secondary N) is 1. The molecule has 30 heavy (non-hydrogen) atoms. The van der Waals surface area contributed by atoms with E-state index < -0.39 is 0 Å². The molecule has 8 heteroatoms. The fourth-order valence-electron chi connectivity index (χ4n) is 3.86. The molecule has 0 radical (unpaired) electrons. The number of nitrogens with zero attached hydrogens (tertiary/aromatic N) is 3. The standard InChI is InChI=1S/C22H18ClFN4O2/c23-19-11-18(28-6-4-14-9-16(24)1-2-20(14)28)10-15-12-27(7-8-30-21(15)19)13-17-3-5-25-22(29)26-17/h1-6,9-11H,7-8,12-13H2,(H,25,26,29). The zero-order chi connectivity index (χ0) is 20.7. The highest BCUT2D eigenvalue weighted by molar-refractivity contribution is 6.32. The molecule has 1 N–H and O–H groups in total. The second kappa shape index (κ2) is 7.59. The zero-order valence-electron chi connectivity index (χ0n) is 15.9. The summed E-state index contributed by atoms with van der Waals surface area (Å²) in [6.45, 7) is 2.36. The molecule has 0 atom stereocenters. The van der Waals surface area contributed by atoms with Crippen LogP contribution in [0.1, 0.15) is 11.3 Å². The maximum Gasteiger partial charge on any atom is 0.345 e. The van der Waals surface area contributed by atoms with E-state index in [-0.39, 0.29) is 11.5 Å². The van der Waals surface area contributed by atoms with Gasteiger partial charge in [-0.15, -0.1) is 0 Å². The summed E-state index contributed by atoms with van der Waals surface area (Å²) in [5.74, 6) is 0.409. The van der Waals surface area contributed by atoms with E-state index in [0.29, 0.717) is 37.0 Å². The normalized spacial score (nSPS) is 14.3. The van der Waals surface area contributed by atoms with Crippen molar-refractivity contribution in [1.29, 1.82) is 0 Å². The van der Waals surface area contributed by atoms with Crippen LogP contribution >= 0.6 is 11.6 Å². The van der Waals surface area contributed by atoms with E-state index in [9.17, 15) is 9.18 Å². The topological polar surface area (TPSA) is 63.2 Å². The van der Waals surface area contributed by atoms with Gasteiger partial charge in [0.25, 0.3) is 0 Å². The van der Waals surface area contributed by atoms with E-state index in [4.69, 9.17) is 16.3 Å². The molecule has 0 aliphatic carbocycles. The van der Waals surface area contributed by atoms with Crippen molar-refractivity contribution < 1.29 is 9.13 Å². The third-order valence-electron chi connectivity index (χ3n) is 5.21. The molecule has 0 saturated heterocycles. The van der Waals surface area contributed by atoms with Gasteiger partial charge in [0.15, 0.2) is 0 Å². The number of benzene rings is 2. The van der Waals surface area contributed by atoms with Crippen LogP contribution in [-0.4, -0.2) is 32.6 Å². The Balaban J connectivity index is 1.51. The van der Waals surface area contributed by atoms with Gasteiger partial charge in [-0.1, -0.05) is 11.6 Å². The molecule has 3 heterocycles. The molecule has 6 nitrogen and oxygen atoms in total. The summed E-state index contributed by atoms with van der Waals surface area (Å²) in [7, 11) is 0. The Morgan fingerprint density at radius 1 is 1.20 bits per heavy atom. The van der Waals surface area contributed by atoms with Gasteiger partial charge < -0.3 is 14.3 Å². The van der Waals surface area contributed by atoms with Crippen molar-refractivity contribution in [3.8, 4) is 11.4 Å². The number of ether oxygens (including phenoxy) is 1. The van der Waals surface area contributed by atoms with Gasteiger partial charge in [-0.25, -0.2) is 14.2 Å². The SMILES string of the molecule is O=c1nccc(CN2CCOc3c(Cl)cc(-n4ccc5cc(F)ccc54)cc3C2)[nH]1. The Hall–Kier alpha value is -3.16. The van der Waals surface area contributed by atoms with Gasteiger partial charge in [0, 0.05) is 54.4 Å². The minimum atomic E-state index is -0.361. The quantitative estimate of drug-likeness (QED) is 0.541. The lowest BCUT2D eigenvalue weighted by Gasteiger charge is -2.19. The number of fused-ring (bicyclic) bond motifs is 2. The summed E-state index contributed by atoms with van der Waals surface area (Å²) in [4.78, 5) is 20.1. The number of aromatic amines is 1. The first-order valence-electron chi connectivity index (χ1n) is 9.55. The van der Waals surface area contributed by atoms with Crippen LogP contribution in [0.2, 0.25) is 5.02 Å². The molecule has 0 unspecified atom stereocenters. The lowest BCUT2D eigenvalue weighted by Crippen LogP contribution is -2.27. The maximum atomic E-state index is 13.6. The summed E-state index contributed by atoms with van der Waals surface area (Å²) >= 11 is 6.57. The summed E-state index contributed by atoms with van der Waals surface area (Å²) < 4.78 is 21.5. The summed E-state index contributed by atoms with van der Waals surface area (Å²) in [5, 5.41) is 1.35. The van der Waals surface area contributed by atoms with E-state index >= 15 is 0 Å². The first kappa shape index (κ1) is 18.8. The molecular formula is C22H18ClFN4O2. The molecule has 0 amide bonds. The first-order chi connectivity index (χ1) is 14.6. The Kier molecular flexibility index (Phi) is 4.77. The van der Waals surface area contributed by atoms with Gasteiger partial charge >= 0.3 is 5.69 Å². The van der Waals surface area contributed by atoms with Crippen molar-refractivity contribution in [3.63, 3.8) is 0 Å². The fraction of sp³-hybridized carbons (Fsp3) is 0.182. The highest BCUT2D eigenvalue weighted by Crippen LogP contribution is 2.35. The number of H-pyrrole nitrogens is 1. The van der Waals surface area contributed by atoms with E-state index in [1.807, 2.05) is 29.0 Å². The number of aromatic nitrogens is 3. The number of hydrogen-bond acceptors (Lipinski definition) is 4. The number of rotatable bonds is 3. The molecular weight excluding hydrogens is 407 g/mol. The van der Waals surface area contributed by atoms with Gasteiger partial charge in [0.05, 0.1) is 10.5 Å². The lowest BCUT2D eigenvalue weighted by molar-refractivity contribution is 0.217. The van der Waals surface area contributed by atoms with Crippen molar-refractivity contribution in [1.82, 2.24) is 19.4 Å².